The van der Waals surface area contributed by atoms with Gasteiger partial charge in [-0.2, -0.15) is 0 Å². The van der Waals surface area contributed by atoms with Gasteiger partial charge in [0, 0.05) is 16.8 Å². The fourth-order valence-electron chi connectivity index (χ4n) is 1.66. The van der Waals surface area contributed by atoms with Crippen molar-refractivity contribution in [3.63, 3.8) is 0 Å². The number of hydrogen-bond acceptors (Lipinski definition) is 2. The number of aryl methyl sites for hydroxylation is 1. The molecule has 0 spiro atoms. The van der Waals surface area contributed by atoms with Crippen molar-refractivity contribution in [2.75, 3.05) is 7.11 Å². The van der Waals surface area contributed by atoms with Crippen LogP contribution in [0.3, 0.4) is 0 Å². The maximum Gasteiger partial charge on any atom is 0.165 e. The van der Waals surface area contributed by atoms with Crippen LogP contribution in [-0.4, -0.2) is 12.1 Å². The number of ether oxygens (including phenoxy) is 1. The number of aromatic nitrogens is 1. The van der Waals surface area contributed by atoms with Gasteiger partial charge in [-0.25, -0.2) is 13.8 Å². The van der Waals surface area contributed by atoms with Crippen LogP contribution in [0.25, 0.3) is 11.1 Å². The lowest BCUT2D eigenvalue weighted by Crippen LogP contribution is -1.95. The van der Waals surface area contributed by atoms with Crippen LogP contribution in [0, 0.1) is 18.6 Å². The van der Waals surface area contributed by atoms with Gasteiger partial charge in [0.25, 0.3) is 0 Å². The Kier molecular flexibility index (Phi) is 3.48. The van der Waals surface area contributed by atoms with Crippen molar-refractivity contribution in [1.29, 1.82) is 0 Å². The predicted octanol–water partition coefficient (Wildman–Crippen LogP) is 4.00. The van der Waals surface area contributed by atoms with Gasteiger partial charge >= 0.3 is 0 Å². The first-order valence-corrected chi connectivity index (χ1v) is 5.57. The van der Waals surface area contributed by atoms with Gasteiger partial charge in [-0.1, -0.05) is 11.6 Å². The van der Waals surface area contributed by atoms with Crippen molar-refractivity contribution in [3.05, 3.63) is 46.7 Å². The summed E-state index contributed by atoms with van der Waals surface area (Å²) in [6.07, 6.45) is 0. The molecule has 0 bridgehead atoms. The molecule has 2 aromatic rings. The van der Waals surface area contributed by atoms with Crippen LogP contribution in [0.4, 0.5) is 8.78 Å². The van der Waals surface area contributed by atoms with Gasteiger partial charge in [-0.3, -0.25) is 0 Å². The standard InChI is InChI=1S/C13H10ClF2NO/c1-7-9(6-12(16)13(14)17-7)10-5-8(18-2)3-4-11(10)15/h3-6H,1-2H3. The second-order valence-corrected chi connectivity index (χ2v) is 4.10. The van der Waals surface area contributed by atoms with Crippen LogP contribution in [0.2, 0.25) is 5.15 Å². The number of hydrogen-bond donors (Lipinski definition) is 0. The third-order valence-electron chi connectivity index (χ3n) is 2.59. The summed E-state index contributed by atoms with van der Waals surface area (Å²) in [5.41, 5.74) is 1.04. The van der Waals surface area contributed by atoms with Crippen LogP contribution in [-0.2, 0) is 0 Å². The molecule has 2 rings (SSSR count). The van der Waals surface area contributed by atoms with Crippen molar-refractivity contribution < 1.29 is 13.5 Å². The normalized spacial score (nSPS) is 10.5. The van der Waals surface area contributed by atoms with E-state index in [0.717, 1.165) is 0 Å². The first-order valence-electron chi connectivity index (χ1n) is 5.19. The molecule has 0 saturated carbocycles. The van der Waals surface area contributed by atoms with E-state index in [9.17, 15) is 8.78 Å². The molecular formula is C13H10ClF2NO. The molecule has 2 nitrogen and oxygen atoms in total. The lowest BCUT2D eigenvalue weighted by molar-refractivity contribution is 0.414. The Morgan fingerprint density at radius 2 is 1.83 bits per heavy atom. The Hall–Kier alpha value is -1.68. The van der Waals surface area contributed by atoms with E-state index in [2.05, 4.69) is 4.98 Å². The van der Waals surface area contributed by atoms with E-state index in [1.54, 1.807) is 6.92 Å². The first-order chi connectivity index (χ1) is 8.52. The zero-order valence-corrected chi connectivity index (χ0v) is 10.6. The van der Waals surface area contributed by atoms with Crippen molar-refractivity contribution >= 4 is 11.6 Å². The fourth-order valence-corrected chi connectivity index (χ4v) is 1.84. The Bertz CT molecular complexity index is 602. The van der Waals surface area contributed by atoms with Gasteiger partial charge in [0.05, 0.1) is 7.11 Å². The monoisotopic (exact) mass is 269 g/mol. The Morgan fingerprint density at radius 1 is 1.11 bits per heavy atom. The molecule has 0 fully saturated rings. The zero-order chi connectivity index (χ0) is 13.3. The summed E-state index contributed by atoms with van der Waals surface area (Å²) in [6.45, 7) is 1.64. The molecule has 0 saturated heterocycles. The average Bonchev–Trinajstić information content (AvgIpc) is 2.35. The van der Waals surface area contributed by atoms with Gasteiger partial charge in [0.2, 0.25) is 0 Å². The quantitative estimate of drug-likeness (QED) is 0.769. The number of halogens is 3. The third-order valence-corrected chi connectivity index (χ3v) is 2.85. The molecule has 18 heavy (non-hydrogen) atoms. The summed E-state index contributed by atoms with van der Waals surface area (Å²) < 4.78 is 32.2. The lowest BCUT2D eigenvalue weighted by Gasteiger charge is -2.09. The van der Waals surface area contributed by atoms with E-state index in [1.807, 2.05) is 0 Å². The van der Waals surface area contributed by atoms with Crippen molar-refractivity contribution in [2.24, 2.45) is 0 Å². The molecule has 0 aliphatic carbocycles. The molecule has 0 amide bonds. The summed E-state index contributed by atoms with van der Waals surface area (Å²) in [6, 6.07) is 5.42. The SMILES string of the molecule is COc1ccc(F)c(-c2cc(F)c(Cl)nc2C)c1. The summed E-state index contributed by atoms with van der Waals surface area (Å²) in [7, 11) is 1.48. The van der Waals surface area contributed by atoms with Crippen LogP contribution >= 0.6 is 11.6 Å². The van der Waals surface area contributed by atoms with Gasteiger partial charge in [-0.05, 0) is 31.2 Å². The highest BCUT2D eigenvalue weighted by atomic mass is 35.5. The molecule has 0 unspecified atom stereocenters. The minimum atomic E-state index is -0.681. The topological polar surface area (TPSA) is 22.1 Å². The number of benzene rings is 1. The molecule has 0 aliphatic rings. The maximum atomic E-state index is 13.8. The van der Waals surface area contributed by atoms with Crippen LogP contribution in [0.1, 0.15) is 5.69 Å². The second-order valence-electron chi connectivity index (χ2n) is 3.74. The van der Waals surface area contributed by atoms with Gasteiger partial charge in [0.15, 0.2) is 11.0 Å². The minimum Gasteiger partial charge on any atom is -0.497 e. The Labute approximate surface area is 108 Å². The summed E-state index contributed by atoms with van der Waals surface area (Å²) in [5, 5.41) is -0.223. The zero-order valence-electron chi connectivity index (χ0n) is 9.80. The van der Waals surface area contributed by atoms with Crippen molar-refractivity contribution in [1.82, 2.24) is 4.98 Å². The summed E-state index contributed by atoms with van der Waals surface area (Å²) in [5.74, 6) is -0.664. The first kappa shape index (κ1) is 12.8. The molecule has 0 N–H and O–H groups in total. The molecular weight excluding hydrogens is 260 g/mol. The van der Waals surface area contributed by atoms with E-state index in [4.69, 9.17) is 16.3 Å². The van der Waals surface area contributed by atoms with E-state index in [-0.39, 0.29) is 10.7 Å². The molecule has 1 aromatic heterocycles. The van der Waals surface area contributed by atoms with E-state index >= 15 is 0 Å². The smallest absolute Gasteiger partial charge is 0.165 e. The van der Waals surface area contributed by atoms with E-state index in [1.165, 1.54) is 31.4 Å². The number of methoxy groups -OCH3 is 1. The average molecular weight is 270 g/mol. The Balaban J connectivity index is 2.64. The molecule has 0 atom stereocenters. The minimum absolute atomic E-state index is 0.223. The van der Waals surface area contributed by atoms with Crippen molar-refractivity contribution in [2.45, 2.75) is 6.92 Å². The van der Waals surface area contributed by atoms with E-state index < -0.39 is 11.6 Å². The third kappa shape index (κ3) is 2.29. The second kappa shape index (κ2) is 4.90. The maximum absolute atomic E-state index is 13.8. The van der Waals surface area contributed by atoms with Crippen LogP contribution < -0.4 is 4.74 Å². The van der Waals surface area contributed by atoms with Gasteiger partial charge < -0.3 is 4.74 Å². The molecule has 0 radical (unpaired) electrons. The van der Waals surface area contributed by atoms with Crippen LogP contribution in [0.5, 0.6) is 5.75 Å². The Morgan fingerprint density at radius 3 is 2.50 bits per heavy atom. The highest BCUT2D eigenvalue weighted by Crippen LogP contribution is 2.30. The fraction of sp³-hybridized carbons (Fsp3) is 0.154. The number of pyridine rings is 1. The number of rotatable bonds is 2. The summed E-state index contributed by atoms with van der Waals surface area (Å²) in [4.78, 5) is 3.83. The molecule has 1 heterocycles. The molecule has 1 aromatic carbocycles. The lowest BCUT2D eigenvalue weighted by atomic mass is 10.0. The van der Waals surface area contributed by atoms with Gasteiger partial charge in [-0.15, -0.1) is 0 Å². The largest absolute Gasteiger partial charge is 0.497 e. The molecule has 5 heteroatoms. The van der Waals surface area contributed by atoms with Gasteiger partial charge in [0.1, 0.15) is 11.6 Å². The molecule has 0 aliphatic heterocycles. The summed E-state index contributed by atoms with van der Waals surface area (Å²) >= 11 is 5.57. The van der Waals surface area contributed by atoms with Crippen LogP contribution in [0.15, 0.2) is 24.3 Å². The highest BCUT2D eigenvalue weighted by Gasteiger charge is 2.13. The number of nitrogens with zero attached hydrogens (tertiary/aromatic N) is 1. The van der Waals surface area contributed by atoms with E-state index in [0.29, 0.717) is 17.0 Å². The highest BCUT2D eigenvalue weighted by molar-refractivity contribution is 6.29. The predicted molar refractivity (Wildman–Crippen MR) is 65.9 cm³/mol. The molecule has 94 valence electrons. The van der Waals surface area contributed by atoms with Crippen molar-refractivity contribution in [3.8, 4) is 16.9 Å².